The Morgan fingerprint density at radius 2 is 1.90 bits per heavy atom. The van der Waals surface area contributed by atoms with Crippen molar-refractivity contribution in [3.63, 3.8) is 0 Å². The first-order valence-electron chi connectivity index (χ1n) is 7.08. The summed E-state index contributed by atoms with van der Waals surface area (Å²) in [6, 6.07) is 14.3. The Kier molecular flexibility index (Phi) is 3.90. The number of nitrogens with one attached hydrogen (secondary N) is 1. The summed E-state index contributed by atoms with van der Waals surface area (Å²) in [4.78, 5) is 8.81. The third-order valence-corrected chi connectivity index (χ3v) is 3.70. The van der Waals surface area contributed by atoms with Gasteiger partial charge in [0.2, 0.25) is 0 Å². The molecule has 2 aromatic carbocycles. The van der Waals surface area contributed by atoms with Crippen molar-refractivity contribution in [2.24, 2.45) is 5.84 Å². The first kappa shape index (κ1) is 13.7. The maximum Gasteiger partial charge on any atom is 0.0938 e. The highest BCUT2D eigenvalue weighted by molar-refractivity contribution is 5.78. The van der Waals surface area contributed by atoms with Gasteiger partial charge in [-0.1, -0.05) is 43.3 Å². The van der Waals surface area contributed by atoms with Gasteiger partial charge in [0.1, 0.15) is 0 Å². The number of hydrazine groups is 1. The summed E-state index contributed by atoms with van der Waals surface area (Å²) in [5.74, 6) is 5.82. The fraction of sp³-hybridized carbons (Fsp3) is 0.176. The van der Waals surface area contributed by atoms with Crippen molar-refractivity contribution in [1.29, 1.82) is 0 Å². The molecule has 0 aliphatic heterocycles. The number of aromatic nitrogens is 2. The molecule has 0 saturated carbocycles. The minimum Gasteiger partial charge on any atom is -0.271 e. The van der Waals surface area contributed by atoms with Gasteiger partial charge in [-0.05, 0) is 23.6 Å². The predicted molar refractivity (Wildman–Crippen MR) is 84.5 cm³/mol. The first-order chi connectivity index (χ1) is 10.3. The SMILES string of the molecule is CCc1cccc(C(NN)c2cccc3nccnc23)c1. The third kappa shape index (κ3) is 2.63. The molecule has 0 fully saturated rings. The molecule has 3 N–H and O–H groups in total. The van der Waals surface area contributed by atoms with Gasteiger partial charge in [0, 0.05) is 18.0 Å². The summed E-state index contributed by atoms with van der Waals surface area (Å²) in [7, 11) is 0. The Hall–Kier alpha value is -2.30. The number of nitrogens with two attached hydrogens (primary N) is 1. The van der Waals surface area contributed by atoms with E-state index in [0.29, 0.717) is 0 Å². The number of para-hydroxylation sites is 1. The number of hydrogen-bond donors (Lipinski definition) is 2. The van der Waals surface area contributed by atoms with Crippen molar-refractivity contribution >= 4 is 11.0 Å². The zero-order valence-corrected chi connectivity index (χ0v) is 12.0. The Morgan fingerprint density at radius 1 is 1.10 bits per heavy atom. The highest BCUT2D eigenvalue weighted by Crippen LogP contribution is 2.27. The molecule has 1 aromatic heterocycles. The van der Waals surface area contributed by atoms with Crippen LogP contribution in [-0.2, 0) is 6.42 Å². The topological polar surface area (TPSA) is 63.8 Å². The van der Waals surface area contributed by atoms with Gasteiger partial charge in [-0.3, -0.25) is 15.8 Å². The summed E-state index contributed by atoms with van der Waals surface area (Å²) in [6.07, 6.45) is 4.41. The van der Waals surface area contributed by atoms with Crippen LogP contribution < -0.4 is 11.3 Å². The van der Waals surface area contributed by atoms with E-state index in [1.165, 1.54) is 5.56 Å². The molecule has 0 aliphatic rings. The van der Waals surface area contributed by atoms with Crippen LogP contribution in [-0.4, -0.2) is 9.97 Å². The minimum atomic E-state index is -0.100. The molecule has 21 heavy (non-hydrogen) atoms. The van der Waals surface area contributed by atoms with E-state index in [2.05, 4.69) is 46.6 Å². The van der Waals surface area contributed by atoms with E-state index in [4.69, 9.17) is 5.84 Å². The van der Waals surface area contributed by atoms with E-state index in [1.54, 1.807) is 12.4 Å². The van der Waals surface area contributed by atoms with Gasteiger partial charge < -0.3 is 0 Å². The van der Waals surface area contributed by atoms with Crippen LogP contribution in [0.1, 0.15) is 29.7 Å². The summed E-state index contributed by atoms with van der Waals surface area (Å²) in [5.41, 5.74) is 8.13. The van der Waals surface area contributed by atoms with Crippen LogP contribution in [0.3, 0.4) is 0 Å². The second-order valence-electron chi connectivity index (χ2n) is 4.97. The summed E-state index contributed by atoms with van der Waals surface area (Å²) in [5, 5.41) is 0. The van der Waals surface area contributed by atoms with Crippen molar-refractivity contribution in [3.8, 4) is 0 Å². The van der Waals surface area contributed by atoms with Gasteiger partial charge in [0.15, 0.2) is 0 Å². The maximum atomic E-state index is 5.82. The molecule has 3 aromatic rings. The smallest absolute Gasteiger partial charge is 0.0938 e. The zero-order valence-electron chi connectivity index (χ0n) is 12.0. The molecule has 1 unspecified atom stereocenters. The van der Waals surface area contributed by atoms with Crippen LogP contribution in [0.2, 0.25) is 0 Å². The van der Waals surface area contributed by atoms with Crippen molar-refractivity contribution < 1.29 is 0 Å². The van der Waals surface area contributed by atoms with Gasteiger partial charge in [0.25, 0.3) is 0 Å². The van der Waals surface area contributed by atoms with Crippen molar-refractivity contribution in [2.45, 2.75) is 19.4 Å². The molecule has 3 rings (SSSR count). The standard InChI is InChI=1S/C17H18N4/c1-2-12-5-3-6-13(11-12)16(21-18)14-7-4-8-15-17(14)20-10-9-19-15/h3-11,16,21H,2,18H2,1H3. The lowest BCUT2D eigenvalue weighted by Gasteiger charge is -2.18. The Bertz CT molecular complexity index is 749. The molecule has 0 saturated heterocycles. The summed E-state index contributed by atoms with van der Waals surface area (Å²) >= 11 is 0. The molecule has 0 amide bonds. The van der Waals surface area contributed by atoms with Crippen LogP contribution in [0.5, 0.6) is 0 Å². The number of rotatable bonds is 4. The molecular weight excluding hydrogens is 260 g/mol. The van der Waals surface area contributed by atoms with E-state index in [0.717, 1.165) is 28.6 Å². The number of hydrogen-bond acceptors (Lipinski definition) is 4. The maximum absolute atomic E-state index is 5.82. The Balaban J connectivity index is 2.13. The molecule has 4 nitrogen and oxygen atoms in total. The van der Waals surface area contributed by atoms with Gasteiger partial charge in [-0.2, -0.15) is 0 Å². The molecule has 1 atom stereocenters. The molecule has 0 radical (unpaired) electrons. The third-order valence-electron chi connectivity index (χ3n) is 3.70. The van der Waals surface area contributed by atoms with E-state index in [9.17, 15) is 0 Å². The molecule has 106 valence electrons. The molecule has 0 spiro atoms. The molecule has 1 heterocycles. The zero-order chi connectivity index (χ0) is 14.7. The van der Waals surface area contributed by atoms with E-state index < -0.39 is 0 Å². The molecule has 4 heteroatoms. The van der Waals surface area contributed by atoms with Gasteiger partial charge >= 0.3 is 0 Å². The Morgan fingerprint density at radius 3 is 2.71 bits per heavy atom. The van der Waals surface area contributed by atoms with Crippen molar-refractivity contribution in [2.75, 3.05) is 0 Å². The lowest BCUT2D eigenvalue weighted by atomic mass is 9.96. The van der Waals surface area contributed by atoms with E-state index >= 15 is 0 Å². The number of nitrogens with zero attached hydrogens (tertiary/aromatic N) is 2. The monoisotopic (exact) mass is 278 g/mol. The van der Waals surface area contributed by atoms with Gasteiger partial charge in [0.05, 0.1) is 17.1 Å². The van der Waals surface area contributed by atoms with Gasteiger partial charge in [-0.25, -0.2) is 5.43 Å². The highest BCUT2D eigenvalue weighted by atomic mass is 15.2. The minimum absolute atomic E-state index is 0.100. The Labute approximate surface area is 124 Å². The average molecular weight is 278 g/mol. The number of aryl methyl sites for hydroxylation is 1. The fourth-order valence-electron chi connectivity index (χ4n) is 2.61. The molecule has 0 aliphatic carbocycles. The average Bonchev–Trinajstić information content (AvgIpc) is 2.56. The van der Waals surface area contributed by atoms with Crippen LogP contribution in [0.15, 0.2) is 54.9 Å². The van der Waals surface area contributed by atoms with Gasteiger partial charge in [-0.15, -0.1) is 0 Å². The quantitative estimate of drug-likeness (QED) is 0.569. The van der Waals surface area contributed by atoms with E-state index in [-0.39, 0.29) is 6.04 Å². The lowest BCUT2D eigenvalue weighted by molar-refractivity contribution is 0.639. The van der Waals surface area contributed by atoms with Crippen molar-refractivity contribution in [1.82, 2.24) is 15.4 Å². The fourth-order valence-corrected chi connectivity index (χ4v) is 2.61. The highest BCUT2D eigenvalue weighted by Gasteiger charge is 2.16. The lowest BCUT2D eigenvalue weighted by Crippen LogP contribution is -2.29. The summed E-state index contributed by atoms with van der Waals surface area (Å²) in [6.45, 7) is 2.15. The van der Waals surface area contributed by atoms with E-state index in [1.807, 2.05) is 18.2 Å². The molecular formula is C17H18N4. The van der Waals surface area contributed by atoms with Crippen LogP contribution >= 0.6 is 0 Å². The second-order valence-corrected chi connectivity index (χ2v) is 4.97. The number of fused-ring (bicyclic) bond motifs is 1. The first-order valence-corrected chi connectivity index (χ1v) is 7.08. The second kappa shape index (κ2) is 5.99. The van der Waals surface area contributed by atoms with Crippen LogP contribution in [0, 0.1) is 0 Å². The molecule has 0 bridgehead atoms. The summed E-state index contributed by atoms with van der Waals surface area (Å²) < 4.78 is 0. The largest absolute Gasteiger partial charge is 0.271 e. The number of benzene rings is 2. The van der Waals surface area contributed by atoms with Crippen LogP contribution in [0.25, 0.3) is 11.0 Å². The predicted octanol–water partition coefficient (Wildman–Crippen LogP) is 2.74. The van der Waals surface area contributed by atoms with Crippen LogP contribution in [0.4, 0.5) is 0 Å². The normalized spacial score (nSPS) is 12.5. The van der Waals surface area contributed by atoms with Crippen molar-refractivity contribution in [3.05, 3.63) is 71.5 Å².